The van der Waals surface area contributed by atoms with Crippen LogP contribution in [0.3, 0.4) is 0 Å². The van der Waals surface area contributed by atoms with Gasteiger partial charge in [-0.1, -0.05) is 0 Å². The highest BCUT2D eigenvalue weighted by Gasteiger charge is 2.25. The molecule has 1 atom stereocenters. The number of rotatable bonds is 2. The number of hydrogen-bond donors (Lipinski definition) is 5. The molecule has 0 bridgehead atoms. The molecular weight excluding hydrogens is 350 g/mol. The molecule has 2 aromatic heterocycles. The number of halogens is 1. The lowest BCUT2D eigenvalue weighted by Gasteiger charge is -2.24. The molecule has 5 nitrogen and oxygen atoms in total. The summed E-state index contributed by atoms with van der Waals surface area (Å²) in [6.45, 7) is 0.911. The van der Waals surface area contributed by atoms with Crippen LogP contribution >= 0.6 is 12.4 Å². The SMILES string of the molecule is Cl.Oc1ccc2[nH]cc(CC3NCCc4c3[nH]c3ccc(O)cc43)c2c1. The minimum absolute atomic E-state index is 0. The van der Waals surface area contributed by atoms with E-state index in [1.807, 2.05) is 30.5 Å². The number of aromatic amines is 2. The van der Waals surface area contributed by atoms with Crippen LogP contribution in [0.15, 0.2) is 42.6 Å². The van der Waals surface area contributed by atoms with E-state index in [-0.39, 0.29) is 24.2 Å². The van der Waals surface area contributed by atoms with Crippen LogP contribution < -0.4 is 5.32 Å². The van der Waals surface area contributed by atoms with Gasteiger partial charge in [0.2, 0.25) is 0 Å². The second-order valence-corrected chi connectivity index (χ2v) is 6.75. The Morgan fingerprint density at radius 2 is 1.69 bits per heavy atom. The second-order valence-electron chi connectivity index (χ2n) is 6.75. The Morgan fingerprint density at radius 1 is 0.962 bits per heavy atom. The summed E-state index contributed by atoms with van der Waals surface area (Å²) < 4.78 is 0. The number of aromatic nitrogens is 2. The average Bonchev–Trinajstić information content (AvgIpc) is 3.17. The number of fused-ring (bicyclic) bond motifs is 4. The van der Waals surface area contributed by atoms with Gasteiger partial charge in [-0.15, -0.1) is 12.4 Å². The fourth-order valence-electron chi connectivity index (χ4n) is 4.03. The Balaban J connectivity index is 0.00000168. The van der Waals surface area contributed by atoms with Gasteiger partial charge in [0.05, 0.1) is 6.04 Å². The van der Waals surface area contributed by atoms with Gasteiger partial charge in [-0.25, -0.2) is 0 Å². The van der Waals surface area contributed by atoms with Gasteiger partial charge >= 0.3 is 0 Å². The van der Waals surface area contributed by atoms with Crippen molar-refractivity contribution < 1.29 is 10.2 Å². The normalized spacial score (nSPS) is 16.5. The molecule has 2 aromatic carbocycles. The van der Waals surface area contributed by atoms with Gasteiger partial charge in [0, 0.05) is 33.7 Å². The summed E-state index contributed by atoms with van der Waals surface area (Å²) in [4.78, 5) is 6.81. The maximum atomic E-state index is 9.81. The number of benzene rings is 2. The Bertz CT molecular complexity index is 1100. The lowest BCUT2D eigenvalue weighted by atomic mass is 9.94. The maximum Gasteiger partial charge on any atom is 0.116 e. The van der Waals surface area contributed by atoms with Crippen LogP contribution in [0.2, 0.25) is 0 Å². The van der Waals surface area contributed by atoms with Gasteiger partial charge in [-0.3, -0.25) is 0 Å². The van der Waals surface area contributed by atoms with Gasteiger partial charge in [0.15, 0.2) is 0 Å². The molecule has 3 heterocycles. The third-order valence-electron chi connectivity index (χ3n) is 5.21. The van der Waals surface area contributed by atoms with Gasteiger partial charge in [0.25, 0.3) is 0 Å². The van der Waals surface area contributed by atoms with Crippen molar-refractivity contribution in [2.45, 2.75) is 18.9 Å². The minimum Gasteiger partial charge on any atom is -0.508 e. The summed E-state index contributed by atoms with van der Waals surface area (Å²) in [5.41, 5.74) is 5.76. The number of H-pyrrole nitrogens is 2. The highest BCUT2D eigenvalue weighted by Crippen LogP contribution is 2.34. The van der Waals surface area contributed by atoms with E-state index in [4.69, 9.17) is 0 Å². The van der Waals surface area contributed by atoms with E-state index in [1.165, 1.54) is 16.8 Å². The van der Waals surface area contributed by atoms with E-state index in [9.17, 15) is 10.2 Å². The predicted molar refractivity (Wildman–Crippen MR) is 105 cm³/mol. The van der Waals surface area contributed by atoms with Crippen LogP contribution in [0.1, 0.15) is 22.9 Å². The van der Waals surface area contributed by atoms with Crippen LogP contribution in [0.25, 0.3) is 21.8 Å². The molecule has 0 spiro atoms. The molecule has 0 radical (unpaired) electrons. The van der Waals surface area contributed by atoms with Crippen molar-refractivity contribution in [2.75, 3.05) is 6.54 Å². The van der Waals surface area contributed by atoms with E-state index >= 15 is 0 Å². The van der Waals surface area contributed by atoms with Gasteiger partial charge < -0.3 is 25.5 Å². The van der Waals surface area contributed by atoms with Crippen LogP contribution in [-0.4, -0.2) is 26.7 Å². The third-order valence-corrected chi connectivity index (χ3v) is 5.21. The van der Waals surface area contributed by atoms with Crippen molar-refractivity contribution in [2.24, 2.45) is 0 Å². The largest absolute Gasteiger partial charge is 0.508 e. The first kappa shape index (κ1) is 16.8. The monoisotopic (exact) mass is 369 g/mol. The zero-order valence-electron chi connectivity index (χ0n) is 14.0. The van der Waals surface area contributed by atoms with Crippen molar-refractivity contribution in [3.63, 3.8) is 0 Å². The molecule has 0 saturated heterocycles. The molecule has 0 aliphatic carbocycles. The summed E-state index contributed by atoms with van der Waals surface area (Å²) >= 11 is 0. The highest BCUT2D eigenvalue weighted by molar-refractivity contribution is 5.87. The molecule has 5 N–H and O–H groups in total. The topological polar surface area (TPSA) is 84.1 Å². The fourth-order valence-corrected chi connectivity index (χ4v) is 4.03. The third kappa shape index (κ3) is 2.60. The molecule has 1 aliphatic rings. The van der Waals surface area contributed by atoms with E-state index in [0.29, 0.717) is 5.75 Å². The lowest BCUT2D eigenvalue weighted by molar-refractivity contribution is 0.475. The Hall–Kier alpha value is -2.63. The average molecular weight is 370 g/mol. The lowest BCUT2D eigenvalue weighted by Crippen LogP contribution is -2.31. The Labute approximate surface area is 156 Å². The zero-order chi connectivity index (χ0) is 17.0. The standard InChI is InChI=1S/C20H19N3O2.ClH/c24-12-1-3-17-15(8-12)11(10-22-17)7-19-20-14(5-6-21-19)16-9-13(25)2-4-18(16)23-20;/h1-4,8-10,19,21-25H,5-7H2;1H. The van der Waals surface area contributed by atoms with Crippen LogP contribution in [0.5, 0.6) is 11.5 Å². The van der Waals surface area contributed by atoms with Crippen LogP contribution in [0, 0.1) is 0 Å². The predicted octanol–water partition coefficient (Wildman–Crippen LogP) is 3.91. The first-order chi connectivity index (χ1) is 12.2. The summed E-state index contributed by atoms with van der Waals surface area (Å²) in [6, 6.07) is 11.1. The quantitative estimate of drug-likeness (QED) is 0.371. The summed E-state index contributed by atoms with van der Waals surface area (Å²) in [7, 11) is 0. The van der Waals surface area contributed by atoms with Gasteiger partial charge in [-0.2, -0.15) is 0 Å². The van der Waals surface area contributed by atoms with Crippen molar-refractivity contribution in [3.8, 4) is 11.5 Å². The molecule has 6 heteroatoms. The Kier molecular flexibility index (Phi) is 4.05. The molecular formula is C20H20ClN3O2. The molecule has 0 saturated carbocycles. The summed E-state index contributed by atoms with van der Waals surface area (Å²) in [5, 5.41) is 25.4. The smallest absolute Gasteiger partial charge is 0.116 e. The van der Waals surface area contributed by atoms with Crippen LogP contribution in [0.4, 0.5) is 0 Å². The molecule has 0 fully saturated rings. The van der Waals surface area contributed by atoms with E-state index in [2.05, 4.69) is 15.3 Å². The molecule has 134 valence electrons. The molecule has 4 aromatic rings. The molecule has 5 rings (SSSR count). The molecule has 0 amide bonds. The summed E-state index contributed by atoms with van der Waals surface area (Å²) in [6.07, 6.45) is 3.80. The molecule has 1 aliphatic heterocycles. The Morgan fingerprint density at radius 3 is 2.50 bits per heavy atom. The van der Waals surface area contributed by atoms with E-state index in [0.717, 1.165) is 41.2 Å². The van der Waals surface area contributed by atoms with Crippen molar-refractivity contribution in [3.05, 3.63) is 59.4 Å². The summed E-state index contributed by atoms with van der Waals surface area (Å²) in [5.74, 6) is 0.586. The maximum absolute atomic E-state index is 9.81. The number of hydrogen-bond acceptors (Lipinski definition) is 3. The number of nitrogens with one attached hydrogen (secondary N) is 3. The van der Waals surface area contributed by atoms with Crippen LogP contribution in [-0.2, 0) is 12.8 Å². The fraction of sp³-hybridized carbons (Fsp3) is 0.200. The van der Waals surface area contributed by atoms with Crippen molar-refractivity contribution >= 4 is 34.2 Å². The number of aromatic hydroxyl groups is 2. The first-order valence-corrected chi connectivity index (χ1v) is 8.55. The first-order valence-electron chi connectivity index (χ1n) is 8.55. The van der Waals surface area contributed by atoms with Crippen molar-refractivity contribution in [1.82, 2.24) is 15.3 Å². The second kappa shape index (κ2) is 6.27. The van der Waals surface area contributed by atoms with Gasteiger partial charge in [-0.05, 0) is 66.9 Å². The van der Waals surface area contributed by atoms with E-state index in [1.54, 1.807) is 12.1 Å². The highest BCUT2D eigenvalue weighted by atomic mass is 35.5. The number of phenolic OH excluding ortho intramolecular Hbond substituents is 2. The molecule has 26 heavy (non-hydrogen) atoms. The molecule has 1 unspecified atom stereocenters. The van der Waals surface area contributed by atoms with Crippen molar-refractivity contribution in [1.29, 1.82) is 0 Å². The number of phenols is 2. The van der Waals surface area contributed by atoms with E-state index < -0.39 is 0 Å². The van der Waals surface area contributed by atoms with Gasteiger partial charge in [0.1, 0.15) is 11.5 Å². The minimum atomic E-state index is 0. The zero-order valence-corrected chi connectivity index (χ0v) is 14.9.